The van der Waals surface area contributed by atoms with Crippen LogP contribution >= 0.6 is 23.2 Å². The van der Waals surface area contributed by atoms with Crippen LogP contribution in [-0.4, -0.2) is 9.97 Å². The lowest BCUT2D eigenvalue weighted by Crippen LogP contribution is -2.04. The van der Waals surface area contributed by atoms with E-state index >= 15 is 0 Å². The summed E-state index contributed by atoms with van der Waals surface area (Å²) < 4.78 is 0. The van der Waals surface area contributed by atoms with Crippen LogP contribution in [0.15, 0.2) is 24.3 Å². The maximum absolute atomic E-state index is 6.16. The van der Waals surface area contributed by atoms with Gasteiger partial charge in [-0.2, -0.15) is 0 Å². The molecule has 2 aromatic rings. The molecule has 0 aliphatic heterocycles. The number of anilines is 1. The van der Waals surface area contributed by atoms with Gasteiger partial charge in [0, 0.05) is 34.1 Å². The van der Waals surface area contributed by atoms with Gasteiger partial charge in [-0.05, 0) is 30.5 Å². The third-order valence-corrected chi connectivity index (χ3v) is 3.91. The zero-order valence-electron chi connectivity index (χ0n) is 10.2. The van der Waals surface area contributed by atoms with Crippen molar-refractivity contribution in [3.05, 3.63) is 51.4 Å². The Morgan fingerprint density at radius 3 is 2.47 bits per heavy atom. The number of benzene rings is 1. The van der Waals surface area contributed by atoms with Crippen LogP contribution in [-0.2, 0) is 6.42 Å². The lowest BCUT2D eigenvalue weighted by molar-refractivity contribution is 0.905. The first-order chi connectivity index (χ1) is 9.13. The maximum atomic E-state index is 6.16. The minimum absolute atomic E-state index is 0.503. The Labute approximate surface area is 121 Å². The molecule has 1 aromatic heterocycles. The molecule has 0 amide bonds. The average Bonchev–Trinajstić information content (AvgIpc) is 3.17. The van der Waals surface area contributed by atoms with Crippen molar-refractivity contribution in [2.45, 2.75) is 25.2 Å². The van der Waals surface area contributed by atoms with Crippen LogP contribution in [0.1, 0.15) is 35.8 Å². The molecule has 98 valence electrons. The molecule has 2 N–H and O–H groups in total. The van der Waals surface area contributed by atoms with Crippen molar-refractivity contribution in [1.29, 1.82) is 0 Å². The van der Waals surface area contributed by atoms with E-state index in [9.17, 15) is 0 Å². The molecule has 0 unspecified atom stereocenters. The summed E-state index contributed by atoms with van der Waals surface area (Å²) >= 11 is 12.3. The van der Waals surface area contributed by atoms with E-state index in [1.165, 1.54) is 12.8 Å². The molecule has 1 aromatic carbocycles. The molecular formula is C14H13Cl2N3. The number of rotatable bonds is 3. The van der Waals surface area contributed by atoms with Gasteiger partial charge in [0.25, 0.3) is 0 Å². The Morgan fingerprint density at radius 2 is 1.84 bits per heavy atom. The van der Waals surface area contributed by atoms with Crippen molar-refractivity contribution in [3.8, 4) is 0 Å². The van der Waals surface area contributed by atoms with Crippen LogP contribution in [0, 0.1) is 0 Å². The molecule has 1 aliphatic rings. The van der Waals surface area contributed by atoms with Crippen molar-refractivity contribution >= 4 is 29.0 Å². The van der Waals surface area contributed by atoms with Gasteiger partial charge in [-0.1, -0.05) is 29.3 Å². The highest BCUT2D eigenvalue weighted by Crippen LogP contribution is 2.39. The first-order valence-electron chi connectivity index (χ1n) is 6.19. The number of halogens is 2. The predicted molar refractivity (Wildman–Crippen MR) is 77.7 cm³/mol. The summed E-state index contributed by atoms with van der Waals surface area (Å²) in [7, 11) is 0. The molecule has 1 fully saturated rings. The highest BCUT2D eigenvalue weighted by atomic mass is 35.5. The fraction of sp³-hybridized carbons (Fsp3) is 0.286. The second-order valence-corrected chi connectivity index (χ2v) is 5.60. The van der Waals surface area contributed by atoms with Gasteiger partial charge in [-0.3, -0.25) is 0 Å². The molecule has 1 saturated carbocycles. The summed E-state index contributed by atoms with van der Waals surface area (Å²) in [6.07, 6.45) is 2.87. The van der Waals surface area contributed by atoms with Crippen LogP contribution in [0.25, 0.3) is 0 Å². The number of nitrogens with two attached hydrogens (primary N) is 1. The summed E-state index contributed by atoms with van der Waals surface area (Å²) in [5.74, 6) is 1.73. The van der Waals surface area contributed by atoms with Crippen molar-refractivity contribution < 1.29 is 0 Å². The fourth-order valence-corrected chi connectivity index (χ4v) is 2.60. The monoisotopic (exact) mass is 293 g/mol. The Kier molecular flexibility index (Phi) is 3.33. The standard InChI is InChI=1S/C14H13Cl2N3/c15-10-2-1-3-11(16)9(10)6-14-18-12(8-4-5-8)7-13(17)19-14/h1-3,7-8H,4-6H2,(H2,17,18,19). The van der Waals surface area contributed by atoms with Gasteiger partial charge in [0.1, 0.15) is 11.6 Å². The molecule has 0 saturated heterocycles. The van der Waals surface area contributed by atoms with Crippen molar-refractivity contribution in [3.63, 3.8) is 0 Å². The van der Waals surface area contributed by atoms with Gasteiger partial charge in [0.05, 0.1) is 0 Å². The number of aromatic nitrogens is 2. The minimum atomic E-state index is 0.503. The Bertz CT molecular complexity index is 604. The normalized spacial score (nSPS) is 14.6. The molecule has 1 heterocycles. The molecule has 0 spiro atoms. The van der Waals surface area contributed by atoms with E-state index in [1.54, 1.807) is 0 Å². The lowest BCUT2D eigenvalue weighted by Gasteiger charge is -2.08. The zero-order valence-corrected chi connectivity index (χ0v) is 11.7. The van der Waals surface area contributed by atoms with Crippen molar-refractivity contribution in [2.75, 3.05) is 5.73 Å². The third-order valence-electron chi connectivity index (χ3n) is 3.20. The molecule has 5 heteroatoms. The van der Waals surface area contributed by atoms with Gasteiger partial charge in [-0.15, -0.1) is 0 Å². The van der Waals surface area contributed by atoms with E-state index in [4.69, 9.17) is 28.9 Å². The first-order valence-corrected chi connectivity index (χ1v) is 6.95. The predicted octanol–water partition coefficient (Wildman–Crippen LogP) is 3.83. The summed E-state index contributed by atoms with van der Waals surface area (Å²) in [4.78, 5) is 8.84. The summed E-state index contributed by atoms with van der Waals surface area (Å²) in [6, 6.07) is 7.31. The molecule has 0 atom stereocenters. The molecule has 3 nitrogen and oxygen atoms in total. The quantitative estimate of drug-likeness (QED) is 0.935. The molecule has 19 heavy (non-hydrogen) atoms. The number of hydrogen-bond donors (Lipinski definition) is 1. The second-order valence-electron chi connectivity index (χ2n) is 4.79. The van der Waals surface area contributed by atoms with E-state index < -0.39 is 0 Å². The summed E-state index contributed by atoms with van der Waals surface area (Å²) in [5.41, 5.74) is 7.72. The Hall–Kier alpha value is -1.32. The Balaban J connectivity index is 1.94. The van der Waals surface area contributed by atoms with Gasteiger partial charge >= 0.3 is 0 Å². The summed E-state index contributed by atoms with van der Waals surface area (Å²) in [5, 5.41) is 1.26. The van der Waals surface area contributed by atoms with Crippen LogP contribution < -0.4 is 5.73 Å². The van der Waals surface area contributed by atoms with E-state index in [-0.39, 0.29) is 0 Å². The van der Waals surface area contributed by atoms with Crippen LogP contribution in [0.2, 0.25) is 10.0 Å². The fourth-order valence-electron chi connectivity index (χ4n) is 2.07. The topological polar surface area (TPSA) is 51.8 Å². The van der Waals surface area contributed by atoms with E-state index in [1.807, 2.05) is 24.3 Å². The molecule has 0 bridgehead atoms. The smallest absolute Gasteiger partial charge is 0.135 e. The molecule has 3 rings (SSSR count). The molecule has 1 aliphatic carbocycles. The van der Waals surface area contributed by atoms with Gasteiger partial charge in [0.15, 0.2) is 0 Å². The average molecular weight is 294 g/mol. The van der Waals surface area contributed by atoms with Gasteiger partial charge in [0.2, 0.25) is 0 Å². The van der Waals surface area contributed by atoms with E-state index in [0.717, 1.165) is 11.3 Å². The molecular weight excluding hydrogens is 281 g/mol. The largest absolute Gasteiger partial charge is 0.384 e. The highest BCUT2D eigenvalue weighted by molar-refractivity contribution is 6.36. The minimum Gasteiger partial charge on any atom is -0.384 e. The Morgan fingerprint density at radius 1 is 1.16 bits per heavy atom. The number of nitrogen functional groups attached to an aromatic ring is 1. The van der Waals surface area contributed by atoms with E-state index in [0.29, 0.717) is 34.0 Å². The van der Waals surface area contributed by atoms with Crippen LogP contribution in [0.4, 0.5) is 5.82 Å². The van der Waals surface area contributed by atoms with Crippen molar-refractivity contribution in [2.24, 2.45) is 0 Å². The van der Waals surface area contributed by atoms with E-state index in [2.05, 4.69) is 9.97 Å². The number of hydrogen-bond acceptors (Lipinski definition) is 3. The highest BCUT2D eigenvalue weighted by Gasteiger charge is 2.26. The SMILES string of the molecule is Nc1cc(C2CC2)nc(Cc2c(Cl)cccc2Cl)n1. The van der Waals surface area contributed by atoms with Gasteiger partial charge in [-0.25, -0.2) is 9.97 Å². The maximum Gasteiger partial charge on any atom is 0.135 e. The zero-order chi connectivity index (χ0) is 13.4. The first kappa shape index (κ1) is 12.7. The van der Waals surface area contributed by atoms with Gasteiger partial charge < -0.3 is 5.73 Å². The lowest BCUT2D eigenvalue weighted by atomic mass is 10.1. The number of nitrogens with zero attached hydrogens (tertiary/aromatic N) is 2. The van der Waals surface area contributed by atoms with Crippen LogP contribution in [0.5, 0.6) is 0 Å². The summed E-state index contributed by atoms with van der Waals surface area (Å²) in [6.45, 7) is 0. The second kappa shape index (κ2) is 4.99. The van der Waals surface area contributed by atoms with Crippen LogP contribution in [0.3, 0.4) is 0 Å². The van der Waals surface area contributed by atoms with Crippen molar-refractivity contribution in [1.82, 2.24) is 9.97 Å². The third kappa shape index (κ3) is 2.82. The molecule has 0 radical (unpaired) electrons.